The topological polar surface area (TPSA) is 79.7 Å². The summed E-state index contributed by atoms with van der Waals surface area (Å²) in [5.74, 6) is 0.837. The maximum Gasteiger partial charge on any atom is 0.419 e. The van der Waals surface area contributed by atoms with Gasteiger partial charge in [-0.15, -0.1) is 0 Å². The van der Waals surface area contributed by atoms with Gasteiger partial charge in [0, 0.05) is 29.1 Å². The van der Waals surface area contributed by atoms with Crippen molar-refractivity contribution >= 4 is 27.8 Å². The molecular weight excluding hydrogens is 442 g/mol. The second-order valence-corrected chi connectivity index (χ2v) is 10.2. The fourth-order valence-electron chi connectivity index (χ4n) is 4.85. The van der Waals surface area contributed by atoms with Gasteiger partial charge in [-0.05, 0) is 71.0 Å². The van der Waals surface area contributed by atoms with Crippen LogP contribution in [0.25, 0.3) is 32.9 Å². The summed E-state index contributed by atoms with van der Waals surface area (Å²) < 4.78 is 13.4. The number of likely N-dealkylation sites (tertiary alicyclic amines) is 1. The first-order valence-electron chi connectivity index (χ1n) is 12.3. The van der Waals surface area contributed by atoms with Crippen molar-refractivity contribution in [2.24, 2.45) is 0 Å². The van der Waals surface area contributed by atoms with Crippen molar-refractivity contribution in [3.8, 4) is 22.9 Å². The number of piperidine rings is 1. The lowest BCUT2D eigenvalue weighted by atomic mass is 10.1. The molecule has 0 saturated carbocycles. The molecule has 1 aliphatic rings. The molecule has 0 unspecified atom stereocenters. The van der Waals surface area contributed by atoms with E-state index >= 15 is 0 Å². The molecule has 1 aliphatic heterocycles. The van der Waals surface area contributed by atoms with Crippen LogP contribution in [0.2, 0.25) is 0 Å². The first-order valence-corrected chi connectivity index (χ1v) is 12.3. The molecule has 2 aromatic heterocycles. The van der Waals surface area contributed by atoms with Crippen molar-refractivity contribution in [3.63, 3.8) is 0 Å². The Balaban J connectivity index is 1.52. The smallest absolute Gasteiger partial charge is 0.419 e. The molecule has 4 aromatic rings. The predicted molar refractivity (Wildman–Crippen MR) is 138 cm³/mol. The summed E-state index contributed by atoms with van der Waals surface area (Å²) in [7, 11) is 0. The third-order valence-corrected chi connectivity index (χ3v) is 6.45. The van der Waals surface area contributed by atoms with Gasteiger partial charge >= 0.3 is 6.09 Å². The number of aromatic amines is 1. The van der Waals surface area contributed by atoms with Crippen LogP contribution in [0.4, 0.5) is 4.79 Å². The van der Waals surface area contributed by atoms with Crippen LogP contribution in [0.5, 0.6) is 11.6 Å². The zero-order valence-corrected chi connectivity index (χ0v) is 20.6. The van der Waals surface area contributed by atoms with Gasteiger partial charge in [0.25, 0.3) is 0 Å². The zero-order chi connectivity index (χ0) is 24.6. The second kappa shape index (κ2) is 9.30. The number of nitrogens with one attached hydrogen (secondary N) is 1. The highest BCUT2D eigenvalue weighted by Gasteiger charge is 2.24. The number of benzene rings is 2. The minimum Gasteiger partial charge on any atom is -0.494 e. The Bertz CT molecular complexity index is 1360. The molecule has 2 aromatic carbocycles. The van der Waals surface area contributed by atoms with Gasteiger partial charge in [0.1, 0.15) is 18.0 Å². The van der Waals surface area contributed by atoms with E-state index in [4.69, 9.17) is 9.47 Å². The highest BCUT2D eigenvalue weighted by atomic mass is 16.6. The number of hydrogen-bond acceptors (Lipinski definition) is 5. The number of aromatic hydroxyl groups is 1. The average Bonchev–Trinajstić information content (AvgIpc) is 3.39. The van der Waals surface area contributed by atoms with Crippen molar-refractivity contribution < 1.29 is 19.4 Å². The molecule has 7 heteroatoms. The number of ether oxygens (including phenoxy) is 2. The molecule has 0 radical (unpaired) electrons. The van der Waals surface area contributed by atoms with E-state index in [9.17, 15) is 9.90 Å². The molecule has 0 bridgehead atoms. The molecule has 0 amide bonds. The van der Waals surface area contributed by atoms with Crippen LogP contribution >= 0.6 is 0 Å². The molecule has 184 valence electrons. The van der Waals surface area contributed by atoms with Crippen LogP contribution in [0, 0.1) is 0 Å². The van der Waals surface area contributed by atoms with E-state index < -0.39 is 11.7 Å². The summed E-state index contributed by atoms with van der Waals surface area (Å²) in [5.41, 5.74) is 1.48. The lowest BCUT2D eigenvalue weighted by Gasteiger charge is -2.26. The van der Waals surface area contributed by atoms with Crippen LogP contribution < -0.4 is 4.74 Å². The third kappa shape index (κ3) is 4.86. The Morgan fingerprint density at radius 2 is 1.86 bits per heavy atom. The van der Waals surface area contributed by atoms with Crippen molar-refractivity contribution in [2.75, 3.05) is 26.2 Å². The van der Waals surface area contributed by atoms with Gasteiger partial charge < -0.3 is 19.6 Å². The Kier molecular flexibility index (Phi) is 6.19. The normalized spacial score (nSPS) is 15.1. The molecule has 2 N–H and O–H groups in total. The van der Waals surface area contributed by atoms with E-state index in [1.165, 1.54) is 19.3 Å². The minimum atomic E-state index is -0.648. The largest absolute Gasteiger partial charge is 0.494 e. The maximum absolute atomic E-state index is 13.4. The van der Waals surface area contributed by atoms with Gasteiger partial charge in [-0.3, -0.25) is 4.90 Å². The van der Waals surface area contributed by atoms with Gasteiger partial charge in [-0.25, -0.2) is 9.36 Å². The zero-order valence-electron chi connectivity index (χ0n) is 20.6. The number of aromatic nitrogens is 2. The Hall–Kier alpha value is -3.45. The van der Waals surface area contributed by atoms with Crippen molar-refractivity contribution in [1.82, 2.24) is 14.5 Å². The van der Waals surface area contributed by atoms with E-state index in [1.807, 2.05) is 63.2 Å². The number of fused-ring (bicyclic) bond motifs is 2. The Morgan fingerprint density at radius 3 is 2.63 bits per heavy atom. The van der Waals surface area contributed by atoms with E-state index in [0.29, 0.717) is 17.7 Å². The average molecular weight is 476 g/mol. The van der Waals surface area contributed by atoms with Crippen molar-refractivity contribution in [3.05, 3.63) is 48.7 Å². The molecule has 1 saturated heterocycles. The van der Waals surface area contributed by atoms with Crippen LogP contribution in [-0.2, 0) is 4.74 Å². The summed E-state index contributed by atoms with van der Waals surface area (Å²) in [4.78, 5) is 18.7. The number of H-pyrrole nitrogens is 1. The molecule has 0 aliphatic carbocycles. The lowest BCUT2D eigenvalue weighted by molar-refractivity contribution is 0.0547. The van der Waals surface area contributed by atoms with Gasteiger partial charge in [-0.1, -0.05) is 24.6 Å². The number of carbonyl (C=O) groups excluding carboxylic acids is 1. The summed E-state index contributed by atoms with van der Waals surface area (Å²) in [6.45, 7) is 9.37. The van der Waals surface area contributed by atoms with Crippen molar-refractivity contribution in [1.29, 1.82) is 0 Å². The van der Waals surface area contributed by atoms with Crippen LogP contribution in [-0.4, -0.2) is 57.5 Å². The fraction of sp³-hybridized carbons (Fsp3) is 0.393. The van der Waals surface area contributed by atoms with Gasteiger partial charge in [0.05, 0.1) is 16.6 Å². The third-order valence-electron chi connectivity index (χ3n) is 6.45. The van der Waals surface area contributed by atoms with Crippen molar-refractivity contribution in [2.45, 2.75) is 45.6 Å². The van der Waals surface area contributed by atoms with E-state index in [1.54, 1.807) is 10.8 Å². The van der Waals surface area contributed by atoms with Crippen LogP contribution in [0.1, 0.15) is 40.0 Å². The summed E-state index contributed by atoms with van der Waals surface area (Å²) >= 11 is 0. The SMILES string of the molecule is CC(C)(C)OC(=O)n1c(-c2cccc3c[nH]c(O)c23)cc2cc(OCCN3CCCCC3)ccc21. The van der Waals surface area contributed by atoms with E-state index in [2.05, 4.69) is 9.88 Å². The van der Waals surface area contributed by atoms with Gasteiger partial charge in [0.15, 0.2) is 5.88 Å². The van der Waals surface area contributed by atoms with Crippen LogP contribution in [0.3, 0.4) is 0 Å². The number of carbonyl (C=O) groups is 1. The number of rotatable bonds is 5. The predicted octanol–water partition coefficient (Wildman–Crippen LogP) is 6.14. The number of hydrogen-bond donors (Lipinski definition) is 2. The quantitative estimate of drug-likeness (QED) is 0.362. The Morgan fingerprint density at radius 1 is 1.06 bits per heavy atom. The molecule has 5 rings (SSSR count). The molecule has 35 heavy (non-hydrogen) atoms. The highest BCUT2D eigenvalue weighted by Crippen LogP contribution is 2.38. The lowest BCUT2D eigenvalue weighted by Crippen LogP contribution is -2.33. The number of nitrogens with zero attached hydrogens (tertiary/aromatic N) is 2. The Labute approximate surface area is 205 Å². The first-order chi connectivity index (χ1) is 16.8. The highest BCUT2D eigenvalue weighted by molar-refractivity contribution is 6.05. The molecule has 7 nitrogen and oxygen atoms in total. The van der Waals surface area contributed by atoms with Crippen LogP contribution in [0.15, 0.2) is 48.7 Å². The first kappa shape index (κ1) is 23.3. The monoisotopic (exact) mass is 475 g/mol. The maximum atomic E-state index is 13.4. The van der Waals surface area contributed by atoms with Gasteiger partial charge in [-0.2, -0.15) is 0 Å². The fourth-order valence-corrected chi connectivity index (χ4v) is 4.85. The second-order valence-electron chi connectivity index (χ2n) is 10.2. The summed E-state index contributed by atoms with van der Waals surface area (Å²) in [5, 5.41) is 12.9. The molecule has 0 spiro atoms. The standard InChI is InChI=1S/C28H33N3O4/c1-28(2,3)35-27(33)31-23-11-10-21(34-15-14-30-12-5-4-6-13-30)16-20(23)17-24(31)22-9-7-8-19-18-29-26(32)25(19)22/h7-11,16-18,29,32H,4-6,12-15H2,1-3H3. The minimum absolute atomic E-state index is 0.0679. The molecule has 3 heterocycles. The van der Waals surface area contributed by atoms with Gasteiger partial charge in [0.2, 0.25) is 0 Å². The summed E-state index contributed by atoms with van der Waals surface area (Å²) in [6.07, 6.45) is 5.13. The molecular formula is C28H33N3O4. The van der Waals surface area contributed by atoms with E-state index in [-0.39, 0.29) is 5.88 Å². The molecule has 1 fully saturated rings. The molecule has 0 atom stereocenters. The summed E-state index contributed by atoms with van der Waals surface area (Å²) in [6, 6.07) is 13.5. The van der Waals surface area contributed by atoms with E-state index in [0.717, 1.165) is 47.2 Å².